The van der Waals surface area contributed by atoms with Gasteiger partial charge in [-0.2, -0.15) is 4.98 Å². The molecule has 0 unspecified atom stereocenters. The minimum absolute atomic E-state index is 0.0474. The van der Waals surface area contributed by atoms with Crippen LogP contribution in [0.15, 0.2) is 6.20 Å². The second-order valence-corrected chi connectivity index (χ2v) is 8.33. The van der Waals surface area contributed by atoms with Gasteiger partial charge >= 0.3 is 0 Å². The van der Waals surface area contributed by atoms with Gasteiger partial charge in [0.05, 0.1) is 17.3 Å². The first-order chi connectivity index (χ1) is 13.4. The van der Waals surface area contributed by atoms with E-state index in [0.717, 1.165) is 51.6 Å². The number of hydrogen-bond acceptors (Lipinski definition) is 7. The monoisotopic (exact) mass is 391 g/mol. The van der Waals surface area contributed by atoms with E-state index in [-0.39, 0.29) is 11.6 Å². The van der Waals surface area contributed by atoms with Crippen molar-refractivity contribution < 1.29 is 14.6 Å². The Labute approximate surface area is 166 Å². The average molecular weight is 392 g/mol. The predicted octanol–water partition coefficient (Wildman–Crippen LogP) is 2.44. The molecule has 1 aromatic heterocycles. The maximum absolute atomic E-state index is 11.8. The molecule has 0 bridgehead atoms. The Morgan fingerprint density at radius 2 is 2.04 bits per heavy atom. The number of ether oxygens (including phenoxy) is 1. The van der Waals surface area contributed by atoms with Crippen molar-refractivity contribution in [3.05, 3.63) is 11.8 Å². The highest BCUT2D eigenvalue weighted by Crippen LogP contribution is 2.30. The molecule has 8 nitrogen and oxygen atoms in total. The predicted molar refractivity (Wildman–Crippen MR) is 108 cm³/mol. The first-order valence-corrected chi connectivity index (χ1v) is 10.4. The SMILES string of the molecule is CCO[C@H]1CC[C@H](Nc2ncc(C(N)=O)c(N[C@H]3CCC[C@](C)(O)C3)n2)CC1. The Morgan fingerprint density at radius 1 is 1.29 bits per heavy atom. The van der Waals surface area contributed by atoms with E-state index in [9.17, 15) is 9.90 Å². The van der Waals surface area contributed by atoms with Gasteiger partial charge in [-0.05, 0) is 65.2 Å². The number of nitrogens with one attached hydrogen (secondary N) is 2. The van der Waals surface area contributed by atoms with E-state index in [2.05, 4.69) is 20.6 Å². The van der Waals surface area contributed by atoms with Crippen molar-refractivity contribution >= 4 is 17.7 Å². The van der Waals surface area contributed by atoms with Crippen molar-refractivity contribution in [1.82, 2.24) is 9.97 Å². The standard InChI is InChI=1S/C20H33N5O3/c1-3-28-15-8-6-13(7-9-15)24-19-22-12-16(17(21)26)18(25-19)23-14-5-4-10-20(2,27)11-14/h12-15,27H,3-11H2,1-2H3,(H2,21,26)(H2,22,23,24,25)/t13-,14-,15-,20-/m0/s1. The van der Waals surface area contributed by atoms with Gasteiger partial charge in [0.1, 0.15) is 5.82 Å². The molecule has 0 aromatic carbocycles. The molecule has 2 atom stereocenters. The van der Waals surface area contributed by atoms with Crippen LogP contribution in [0, 0.1) is 0 Å². The van der Waals surface area contributed by atoms with Crippen molar-refractivity contribution in [2.75, 3.05) is 17.2 Å². The molecule has 0 saturated heterocycles. The zero-order valence-electron chi connectivity index (χ0n) is 16.9. The molecule has 2 aliphatic carbocycles. The summed E-state index contributed by atoms with van der Waals surface area (Å²) >= 11 is 0. The van der Waals surface area contributed by atoms with Gasteiger partial charge in [0.25, 0.3) is 5.91 Å². The number of aromatic nitrogens is 2. The number of primary amides is 1. The number of rotatable bonds is 7. The van der Waals surface area contributed by atoms with Gasteiger partial charge in [0.15, 0.2) is 0 Å². The van der Waals surface area contributed by atoms with Gasteiger partial charge in [-0.3, -0.25) is 4.79 Å². The van der Waals surface area contributed by atoms with Gasteiger partial charge in [-0.25, -0.2) is 4.98 Å². The fourth-order valence-electron chi connectivity index (χ4n) is 4.31. The average Bonchev–Trinajstić information content (AvgIpc) is 2.63. The topological polar surface area (TPSA) is 122 Å². The van der Waals surface area contributed by atoms with Crippen LogP contribution in [-0.4, -0.2) is 51.4 Å². The number of aliphatic hydroxyl groups is 1. The van der Waals surface area contributed by atoms with E-state index in [4.69, 9.17) is 10.5 Å². The minimum atomic E-state index is -0.698. The molecular formula is C20H33N5O3. The van der Waals surface area contributed by atoms with Crippen LogP contribution in [0.2, 0.25) is 0 Å². The second kappa shape index (κ2) is 9.05. The number of amides is 1. The van der Waals surface area contributed by atoms with E-state index >= 15 is 0 Å². The maximum Gasteiger partial charge on any atom is 0.254 e. The molecule has 1 heterocycles. The largest absolute Gasteiger partial charge is 0.390 e. The smallest absolute Gasteiger partial charge is 0.254 e. The van der Waals surface area contributed by atoms with Crippen molar-refractivity contribution in [2.24, 2.45) is 5.73 Å². The molecule has 3 rings (SSSR count). The highest BCUT2D eigenvalue weighted by molar-refractivity contribution is 5.97. The third-order valence-corrected chi connectivity index (χ3v) is 5.76. The fraction of sp³-hybridized carbons (Fsp3) is 0.750. The lowest BCUT2D eigenvalue weighted by Crippen LogP contribution is -2.38. The van der Waals surface area contributed by atoms with Gasteiger partial charge < -0.3 is 26.2 Å². The summed E-state index contributed by atoms with van der Waals surface area (Å²) in [7, 11) is 0. The molecule has 5 N–H and O–H groups in total. The molecule has 156 valence electrons. The van der Waals surface area contributed by atoms with Crippen LogP contribution in [-0.2, 0) is 4.74 Å². The van der Waals surface area contributed by atoms with Crippen molar-refractivity contribution in [3.63, 3.8) is 0 Å². The molecule has 2 fully saturated rings. The number of nitrogens with two attached hydrogens (primary N) is 1. The molecule has 0 aliphatic heterocycles. The Hall–Kier alpha value is -1.93. The molecule has 8 heteroatoms. The first kappa shape index (κ1) is 20.8. The molecule has 0 spiro atoms. The summed E-state index contributed by atoms with van der Waals surface area (Å²) in [4.78, 5) is 20.6. The lowest BCUT2D eigenvalue weighted by Gasteiger charge is -2.34. The number of nitrogens with zero attached hydrogens (tertiary/aromatic N) is 2. The summed E-state index contributed by atoms with van der Waals surface area (Å²) in [6.45, 7) is 4.63. The summed E-state index contributed by atoms with van der Waals surface area (Å²) in [5.41, 5.74) is 5.08. The molecule has 2 aliphatic rings. The molecule has 2 saturated carbocycles. The quantitative estimate of drug-likeness (QED) is 0.563. The first-order valence-electron chi connectivity index (χ1n) is 10.4. The van der Waals surface area contributed by atoms with Crippen LogP contribution in [0.5, 0.6) is 0 Å². The number of hydrogen-bond donors (Lipinski definition) is 4. The third-order valence-electron chi connectivity index (χ3n) is 5.76. The number of anilines is 2. The zero-order chi connectivity index (χ0) is 20.1. The van der Waals surface area contributed by atoms with E-state index in [1.807, 2.05) is 13.8 Å². The highest BCUT2D eigenvalue weighted by Gasteiger charge is 2.31. The van der Waals surface area contributed by atoms with Crippen LogP contribution < -0.4 is 16.4 Å². The molecule has 1 amide bonds. The van der Waals surface area contributed by atoms with Gasteiger partial charge in [-0.1, -0.05) is 0 Å². The Morgan fingerprint density at radius 3 is 2.68 bits per heavy atom. The Bertz CT molecular complexity index is 674. The summed E-state index contributed by atoms with van der Waals surface area (Å²) in [5, 5.41) is 17.0. The van der Waals surface area contributed by atoms with Gasteiger partial charge in [-0.15, -0.1) is 0 Å². The summed E-state index contributed by atoms with van der Waals surface area (Å²) in [6, 6.07) is 0.339. The lowest BCUT2D eigenvalue weighted by molar-refractivity contribution is 0.0182. The summed E-state index contributed by atoms with van der Waals surface area (Å²) in [5.74, 6) is 0.375. The molecule has 28 heavy (non-hydrogen) atoms. The van der Waals surface area contributed by atoms with Crippen LogP contribution in [0.1, 0.15) is 75.6 Å². The number of carbonyl (C=O) groups excluding carboxylic acids is 1. The highest BCUT2D eigenvalue weighted by atomic mass is 16.5. The van der Waals surface area contributed by atoms with E-state index in [0.29, 0.717) is 30.3 Å². The molecule has 1 aromatic rings. The van der Waals surface area contributed by atoms with Crippen molar-refractivity contribution in [2.45, 2.75) is 89.0 Å². The van der Waals surface area contributed by atoms with Gasteiger partial charge in [0.2, 0.25) is 5.95 Å². The van der Waals surface area contributed by atoms with E-state index in [1.165, 1.54) is 6.20 Å². The third kappa shape index (κ3) is 5.54. The lowest BCUT2D eigenvalue weighted by atomic mass is 9.83. The van der Waals surface area contributed by atoms with Crippen LogP contribution in [0.3, 0.4) is 0 Å². The van der Waals surface area contributed by atoms with Crippen molar-refractivity contribution in [1.29, 1.82) is 0 Å². The molecular weight excluding hydrogens is 358 g/mol. The normalized spacial score (nSPS) is 30.6. The van der Waals surface area contributed by atoms with Crippen LogP contribution in [0.4, 0.5) is 11.8 Å². The Kier molecular flexibility index (Phi) is 6.72. The fourth-order valence-corrected chi connectivity index (χ4v) is 4.31. The van der Waals surface area contributed by atoms with Crippen LogP contribution >= 0.6 is 0 Å². The van der Waals surface area contributed by atoms with Crippen molar-refractivity contribution in [3.8, 4) is 0 Å². The van der Waals surface area contributed by atoms with Gasteiger partial charge in [0, 0.05) is 24.9 Å². The summed E-state index contributed by atoms with van der Waals surface area (Å²) in [6.07, 6.45) is 9.11. The van der Waals surface area contributed by atoms with E-state index in [1.54, 1.807) is 0 Å². The summed E-state index contributed by atoms with van der Waals surface area (Å²) < 4.78 is 5.70. The van der Waals surface area contributed by atoms with Crippen LogP contribution in [0.25, 0.3) is 0 Å². The maximum atomic E-state index is 11.8. The Balaban J connectivity index is 1.67. The second-order valence-electron chi connectivity index (χ2n) is 8.33. The zero-order valence-corrected chi connectivity index (χ0v) is 16.9. The minimum Gasteiger partial charge on any atom is -0.390 e. The molecule has 0 radical (unpaired) electrons. The van der Waals surface area contributed by atoms with E-state index < -0.39 is 11.5 Å². The number of carbonyl (C=O) groups is 1.